The molecule has 0 fully saturated rings. The zero-order valence-electron chi connectivity index (χ0n) is 22.7. The molecule has 0 saturated carbocycles. The first kappa shape index (κ1) is 26.5. The molecule has 3 rings (SSSR count). The third kappa shape index (κ3) is 4.48. The number of rotatable bonds is 6. The second-order valence-corrected chi connectivity index (χ2v) is 15.9. The number of aromatic nitrogens is 3. The van der Waals surface area contributed by atoms with Gasteiger partial charge in [-0.05, 0) is 49.0 Å². The lowest BCUT2D eigenvalue weighted by Gasteiger charge is -2.38. The highest BCUT2D eigenvalue weighted by molar-refractivity contribution is 6.90. The molecule has 0 unspecified atom stereocenters. The molecule has 1 amide bonds. The van der Waals surface area contributed by atoms with Crippen LogP contribution < -0.4 is 10.5 Å². The number of fused-ring (bicyclic) bond motifs is 1. The summed E-state index contributed by atoms with van der Waals surface area (Å²) in [6.45, 7) is 19.6. The SMILES string of the molecule is COc1ccc(C)c(-n2cc(C(N)=O)c3c(C#C[Si](C(C)C)(C(C)C)C(C)C)nc(C)nc32)c1C. The Hall–Kier alpha value is -3.11. The Morgan fingerprint density at radius 3 is 2.14 bits per heavy atom. The molecule has 2 heterocycles. The van der Waals surface area contributed by atoms with Gasteiger partial charge in [0.15, 0.2) is 0 Å². The maximum absolute atomic E-state index is 12.6. The molecule has 0 bridgehead atoms. The minimum atomic E-state index is -2.01. The van der Waals surface area contributed by atoms with Crippen molar-refractivity contribution in [3.8, 4) is 22.9 Å². The Morgan fingerprint density at radius 1 is 1.03 bits per heavy atom. The van der Waals surface area contributed by atoms with E-state index < -0.39 is 14.0 Å². The van der Waals surface area contributed by atoms with E-state index in [0.29, 0.717) is 44.7 Å². The molecular formula is C28H38N4O2Si. The van der Waals surface area contributed by atoms with Gasteiger partial charge in [0.25, 0.3) is 5.91 Å². The maximum Gasteiger partial charge on any atom is 0.251 e. The number of primary amides is 1. The van der Waals surface area contributed by atoms with Crippen LogP contribution in [0, 0.1) is 32.2 Å². The molecule has 2 aromatic heterocycles. The van der Waals surface area contributed by atoms with Crippen molar-refractivity contribution in [3.63, 3.8) is 0 Å². The average Bonchev–Trinajstić information content (AvgIpc) is 3.13. The standard InChI is InChI=1S/C28H38N4O2Si/c1-16(2)35(17(3)4,18(5)6)14-13-23-25-22(27(29)33)15-32(28(25)31-21(9)30-23)26-19(7)11-12-24(34-10)20(26)8/h11-12,15-18H,1-10H3,(H2,29,33). The predicted octanol–water partition coefficient (Wildman–Crippen LogP) is 6.02. The van der Waals surface area contributed by atoms with Gasteiger partial charge in [0.1, 0.15) is 31.0 Å². The predicted molar refractivity (Wildman–Crippen MR) is 146 cm³/mol. The average molecular weight is 491 g/mol. The zero-order chi connectivity index (χ0) is 26.2. The lowest BCUT2D eigenvalue weighted by Crippen LogP contribution is -2.43. The van der Waals surface area contributed by atoms with Crippen LogP contribution >= 0.6 is 0 Å². The molecule has 0 saturated heterocycles. The van der Waals surface area contributed by atoms with Gasteiger partial charge in [0, 0.05) is 11.8 Å². The summed E-state index contributed by atoms with van der Waals surface area (Å²) in [6.07, 6.45) is 1.76. The number of carbonyl (C=O) groups is 1. The number of hydrogen-bond acceptors (Lipinski definition) is 4. The van der Waals surface area contributed by atoms with Crippen LogP contribution in [0.25, 0.3) is 16.7 Å². The number of amides is 1. The number of aryl methyl sites for hydroxylation is 2. The number of benzene rings is 1. The van der Waals surface area contributed by atoms with Crippen LogP contribution in [0.2, 0.25) is 16.6 Å². The molecule has 0 atom stereocenters. The van der Waals surface area contributed by atoms with Crippen LogP contribution in [0.4, 0.5) is 0 Å². The Labute approximate surface area is 210 Å². The van der Waals surface area contributed by atoms with Gasteiger partial charge in [0.2, 0.25) is 0 Å². The largest absolute Gasteiger partial charge is 0.496 e. The number of hydrogen-bond donors (Lipinski definition) is 1. The number of methoxy groups -OCH3 is 1. The first-order valence-corrected chi connectivity index (χ1v) is 14.5. The molecule has 0 spiro atoms. The van der Waals surface area contributed by atoms with Crippen LogP contribution in [0.15, 0.2) is 18.3 Å². The third-order valence-electron chi connectivity index (χ3n) is 7.33. The first-order chi connectivity index (χ1) is 16.4. The Bertz CT molecular complexity index is 1320. The van der Waals surface area contributed by atoms with Crippen LogP contribution in [0.1, 0.15) is 74.5 Å². The summed E-state index contributed by atoms with van der Waals surface area (Å²) >= 11 is 0. The third-order valence-corrected chi connectivity index (χ3v) is 13.6. The highest BCUT2D eigenvalue weighted by atomic mass is 28.3. The Balaban J connectivity index is 2.43. The molecular weight excluding hydrogens is 452 g/mol. The summed E-state index contributed by atoms with van der Waals surface area (Å²) in [4.78, 5) is 22.1. The summed E-state index contributed by atoms with van der Waals surface area (Å²) in [5.74, 6) is 4.28. The van der Waals surface area contributed by atoms with Gasteiger partial charge in [-0.3, -0.25) is 9.36 Å². The van der Waals surface area contributed by atoms with Gasteiger partial charge in [-0.1, -0.05) is 53.5 Å². The molecule has 0 radical (unpaired) electrons. The van der Waals surface area contributed by atoms with Crippen molar-refractivity contribution in [2.45, 2.75) is 78.9 Å². The Morgan fingerprint density at radius 2 is 1.63 bits per heavy atom. The molecule has 0 aliphatic rings. The maximum atomic E-state index is 12.6. The summed E-state index contributed by atoms with van der Waals surface area (Å²) in [6, 6.07) is 3.94. The van der Waals surface area contributed by atoms with E-state index >= 15 is 0 Å². The summed E-state index contributed by atoms with van der Waals surface area (Å²) in [5.41, 5.74) is 15.5. The monoisotopic (exact) mass is 490 g/mol. The molecule has 2 N–H and O–H groups in total. The smallest absolute Gasteiger partial charge is 0.251 e. The van der Waals surface area contributed by atoms with Crippen LogP contribution in [-0.2, 0) is 0 Å². The van der Waals surface area contributed by atoms with E-state index in [9.17, 15) is 4.79 Å². The van der Waals surface area contributed by atoms with E-state index in [1.807, 2.05) is 37.5 Å². The molecule has 35 heavy (non-hydrogen) atoms. The van der Waals surface area contributed by atoms with Crippen molar-refractivity contribution in [1.82, 2.24) is 14.5 Å². The van der Waals surface area contributed by atoms with Crippen LogP contribution in [-0.4, -0.2) is 35.6 Å². The van der Waals surface area contributed by atoms with Crippen molar-refractivity contribution < 1.29 is 9.53 Å². The van der Waals surface area contributed by atoms with Crippen molar-refractivity contribution in [2.75, 3.05) is 7.11 Å². The first-order valence-electron chi connectivity index (χ1n) is 12.2. The highest BCUT2D eigenvalue weighted by Gasteiger charge is 2.41. The quantitative estimate of drug-likeness (QED) is 0.338. The zero-order valence-corrected chi connectivity index (χ0v) is 23.7. The van der Waals surface area contributed by atoms with Crippen LogP contribution in [0.5, 0.6) is 5.75 Å². The molecule has 186 valence electrons. The number of carbonyl (C=O) groups excluding carboxylic acids is 1. The van der Waals surface area contributed by atoms with Gasteiger partial charge < -0.3 is 10.5 Å². The molecule has 1 aromatic carbocycles. The van der Waals surface area contributed by atoms with Crippen molar-refractivity contribution >= 4 is 25.0 Å². The fourth-order valence-electron chi connectivity index (χ4n) is 5.69. The lowest BCUT2D eigenvalue weighted by molar-refractivity contribution is 0.100. The van der Waals surface area contributed by atoms with Gasteiger partial charge in [-0.2, -0.15) is 0 Å². The second-order valence-electron chi connectivity index (χ2n) is 10.3. The fraction of sp³-hybridized carbons (Fsp3) is 0.464. The van der Waals surface area contributed by atoms with Crippen LogP contribution in [0.3, 0.4) is 0 Å². The highest BCUT2D eigenvalue weighted by Crippen LogP contribution is 2.41. The molecule has 6 nitrogen and oxygen atoms in total. The van der Waals surface area contributed by atoms with Crippen molar-refractivity contribution in [1.29, 1.82) is 0 Å². The molecule has 0 aliphatic heterocycles. The molecule has 0 aliphatic carbocycles. The number of nitrogens with zero attached hydrogens (tertiary/aromatic N) is 3. The van der Waals surface area contributed by atoms with Crippen molar-refractivity contribution in [2.24, 2.45) is 5.73 Å². The van der Waals surface area contributed by atoms with Gasteiger partial charge in [0.05, 0.1) is 23.7 Å². The number of nitrogens with two attached hydrogens (primary N) is 1. The normalized spacial score (nSPS) is 11.9. The van der Waals surface area contributed by atoms with Gasteiger partial charge in [-0.15, -0.1) is 5.54 Å². The Kier molecular flexibility index (Phi) is 7.47. The van der Waals surface area contributed by atoms with E-state index in [0.717, 1.165) is 22.6 Å². The minimum absolute atomic E-state index is 0.372. The van der Waals surface area contributed by atoms with E-state index in [-0.39, 0.29) is 0 Å². The minimum Gasteiger partial charge on any atom is -0.496 e. The summed E-state index contributed by atoms with van der Waals surface area (Å²) in [5, 5.41) is 0.608. The van der Waals surface area contributed by atoms with E-state index in [1.54, 1.807) is 13.3 Å². The van der Waals surface area contributed by atoms with Crippen molar-refractivity contribution in [3.05, 3.63) is 46.5 Å². The van der Waals surface area contributed by atoms with E-state index in [1.165, 1.54) is 0 Å². The summed E-state index contributed by atoms with van der Waals surface area (Å²) in [7, 11) is -0.357. The molecule has 7 heteroatoms. The lowest BCUT2D eigenvalue weighted by atomic mass is 10.1. The van der Waals surface area contributed by atoms with E-state index in [2.05, 4.69) is 53.0 Å². The second kappa shape index (κ2) is 9.86. The van der Waals surface area contributed by atoms with Gasteiger partial charge in [-0.25, -0.2) is 9.97 Å². The topological polar surface area (TPSA) is 83.0 Å². The fourth-order valence-corrected chi connectivity index (χ4v) is 10.9. The molecule has 3 aromatic rings. The summed E-state index contributed by atoms with van der Waals surface area (Å²) < 4.78 is 7.49. The number of ether oxygens (including phenoxy) is 1. The van der Waals surface area contributed by atoms with Gasteiger partial charge >= 0.3 is 0 Å². The van der Waals surface area contributed by atoms with E-state index in [4.69, 9.17) is 20.4 Å².